The first-order valence-corrected chi connectivity index (χ1v) is 6.75. The van der Waals surface area contributed by atoms with Crippen molar-refractivity contribution in [1.29, 1.82) is 0 Å². The molecule has 0 bridgehead atoms. The molecule has 2 rings (SSSR count). The van der Waals surface area contributed by atoms with Gasteiger partial charge in [-0.1, -0.05) is 11.6 Å². The molecule has 0 saturated carbocycles. The lowest BCUT2D eigenvalue weighted by molar-refractivity contribution is -0.129. The Morgan fingerprint density at radius 2 is 2.32 bits per heavy atom. The summed E-state index contributed by atoms with van der Waals surface area (Å²) in [5, 5.41) is 3.20. The van der Waals surface area contributed by atoms with E-state index in [4.69, 9.17) is 11.6 Å². The average molecular weight is 283 g/mol. The zero-order valence-corrected chi connectivity index (χ0v) is 12.3. The van der Waals surface area contributed by atoms with Crippen molar-refractivity contribution in [2.75, 3.05) is 20.1 Å². The summed E-state index contributed by atoms with van der Waals surface area (Å²) in [5.74, 6) is 0.810. The van der Waals surface area contributed by atoms with E-state index in [9.17, 15) is 4.79 Å². The second-order valence-corrected chi connectivity index (χ2v) is 5.74. The minimum Gasteiger partial charge on any atom is -0.359 e. The number of nitrogens with one attached hydrogen (secondary N) is 1. The molecular weight excluding hydrogens is 264 g/mol. The van der Waals surface area contributed by atoms with E-state index in [1.54, 1.807) is 13.1 Å². The third-order valence-corrected chi connectivity index (χ3v) is 3.76. The summed E-state index contributed by atoms with van der Waals surface area (Å²) < 4.78 is 0. The third kappa shape index (κ3) is 3.22. The molecule has 6 heteroatoms. The van der Waals surface area contributed by atoms with Crippen LogP contribution in [-0.4, -0.2) is 40.9 Å². The Bertz CT molecular complexity index is 473. The van der Waals surface area contributed by atoms with Crippen molar-refractivity contribution in [3.05, 3.63) is 22.7 Å². The fraction of sp³-hybridized carbons (Fsp3) is 0.615. The maximum absolute atomic E-state index is 11.9. The van der Waals surface area contributed by atoms with Gasteiger partial charge in [-0.15, -0.1) is 0 Å². The first-order valence-electron chi connectivity index (χ1n) is 6.37. The second kappa shape index (κ2) is 5.43. The Labute approximate surface area is 118 Å². The van der Waals surface area contributed by atoms with E-state index in [-0.39, 0.29) is 11.3 Å². The zero-order chi connectivity index (χ0) is 14.0. The van der Waals surface area contributed by atoms with E-state index in [1.165, 1.54) is 0 Å². The number of aryl methyl sites for hydroxylation is 1. The highest BCUT2D eigenvalue weighted by Crippen LogP contribution is 2.30. The van der Waals surface area contributed by atoms with Gasteiger partial charge in [0.05, 0.1) is 12.0 Å². The van der Waals surface area contributed by atoms with Gasteiger partial charge in [0.2, 0.25) is 5.91 Å². The molecule has 1 aliphatic heterocycles. The number of hydrogen-bond acceptors (Lipinski definition) is 4. The predicted molar refractivity (Wildman–Crippen MR) is 73.8 cm³/mol. The zero-order valence-electron chi connectivity index (χ0n) is 11.5. The van der Waals surface area contributed by atoms with Crippen LogP contribution in [0.1, 0.15) is 24.9 Å². The van der Waals surface area contributed by atoms with Gasteiger partial charge in [-0.25, -0.2) is 9.97 Å². The van der Waals surface area contributed by atoms with Crippen LogP contribution in [0.25, 0.3) is 0 Å². The van der Waals surface area contributed by atoms with E-state index in [2.05, 4.69) is 20.2 Å². The van der Waals surface area contributed by atoms with Crippen molar-refractivity contribution in [3.8, 4) is 0 Å². The number of rotatable bonds is 3. The predicted octanol–water partition coefficient (Wildman–Crippen LogP) is 1.40. The first-order chi connectivity index (χ1) is 8.93. The van der Waals surface area contributed by atoms with Crippen molar-refractivity contribution < 1.29 is 4.79 Å². The van der Waals surface area contributed by atoms with E-state index < -0.39 is 0 Å². The topological polar surface area (TPSA) is 58.1 Å². The smallest absolute Gasteiger partial charge is 0.227 e. The molecule has 1 aliphatic rings. The van der Waals surface area contributed by atoms with Gasteiger partial charge in [0.1, 0.15) is 11.0 Å². The van der Waals surface area contributed by atoms with Crippen molar-refractivity contribution >= 4 is 17.5 Å². The summed E-state index contributed by atoms with van der Waals surface area (Å²) in [5.41, 5.74) is 0.547. The highest BCUT2D eigenvalue weighted by atomic mass is 35.5. The van der Waals surface area contributed by atoms with Gasteiger partial charge in [0.25, 0.3) is 0 Å². The molecular formula is C13H19ClN4O. The molecule has 1 N–H and O–H groups in total. The summed E-state index contributed by atoms with van der Waals surface area (Å²) in [6, 6.07) is 1.74. The monoisotopic (exact) mass is 282 g/mol. The molecule has 1 atom stereocenters. The van der Waals surface area contributed by atoms with Crippen LogP contribution in [0.5, 0.6) is 0 Å². The fourth-order valence-corrected chi connectivity index (χ4v) is 2.79. The van der Waals surface area contributed by atoms with Gasteiger partial charge in [-0.05, 0) is 32.9 Å². The second-order valence-electron chi connectivity index (χ2n) is 5.35. The van der Waals surface area contributed by atoms with E-state index >= 15 is 0 Å². The summed E-state index contributed by atoms with van der Waals surface area (Å²) in [7, 11) is 1.68. The molecule has 0 radical (unpaired) electrons. The number of hydrogen-bond donors (Lipinski definition) is 1. The van der Waals surface area contributed by atoms with Gasteiger partial charge < -0.3 is 5.32 Å². The molecule has 0 aromatic carbocycles. The largest absolute Gasteiger partial charge is 0.359 e. The lowest BCUT2D eigenvalue weighted by atomic mass is 9.89. The SMILES string of the molecule is CNC(=O)C1(C)CCN(Cc2nc(C)cc(Cl)n2)C1. The number of amides is 1. The van der Waals surface area contributed by atoms with Gasteiger partial charge in [-0.3, -0.25) is 9.69 Å². The van der Waals surface area contributed by atoms with Crippen LogP contribution in [0.3, 0.4) is 0 Å². The molecule has 1 aromatic heterocycles. The van der Waals surface area contributed by atoms with Crippen molar-refractivity contribution in [2.45, 2.75) is 26.8 Å². The average Bonchev–Trinajstić information content (AvgIpc) is 2.69. The lowest BCUT2D eigenvalue weighted by Crippen LogP contribution is -2.39. The minimum atomic E-state index is -0.317. The van der Waals surface area contributed by atoms with Gasteiger partial charge in [0, 0.05) is 19.3 Å². The molecule has 0 aliphatic carbocycles. The molecule has 5 nitrogen and oxygen atoms in total. The Morgan fingerprint density at radius 3 is 2.95 bits per heavy atom. The molecule has 1 aromatic rings. The third-order valence-electron chi connectivity index (χ3n) is 3.56. The molecule has 104 valence electrons. The van der Waals surface area contributed by atoms with E-state index in [1.807, 2.05) is 13.8 Å². The van der Waals surface area contributed by atoms with E-state index in [0.29, 0.717) is 17.5 Å². The highest BCUT2D eigenvalue weighted by Gasteiger charge is 2.39. The Kier molecular flexibility index (Phi) is 4.06. The van der Waals surface area contributed by atoms with Crippen LogP contribution in [0.4, 0.5) is 0 Å². The summed E-state index contributed by atoms with van der Waals surface area (Å²) >= 11 is 5.93. The Morgan fingerprint density at radius 1 is 1.58 bits per heavy atom. The van der Waals surface area contributed by atoms with Gasteiger partial charge in [-0.2, -0.15) is 0 Å². The van der Waals surface area contributed by atoms with Crippen molar-refractivity contribution in [2.24, 2.45) is 5.41 Å². The molecule has 1 amide bonds. The summed E-state index contributed by atoms with van der Waals surface area (Å²) in [6.07, 6.45) is 0.853. The number of likely N-dealkylation sites (tertiary alicyclic amines) is 1. The highest BCUT2D eigenvalue weighted by molar-refractivity contribution is 6.29. The molecule has 1 saturated heterocycles. The van der Waals surface area contributed by atoms with Crippen LogP contribution in [0, 0.1) is 12.3 Å². The van der Waals surface area contributed by atoms with Crippen molar-refractivity contribution in [1.82, 2.24) is 20.2 Å². The fourth-order valence-electron chi connectivity index (χ4n) is 2.54. The summed E-state index contributed by atoms with van der Waals surface area (Å²) in [4.78, 5) is 22.6. The number of nitrogens with zero attached hydrogens (tertiary/aromatic N) is 3. The lowest BCUT2D eigenvalue weighted by Gasteiger charge is -2.22. The summed E-state index contributed by atoms with van der Waals surface area (Å²) in [6.45, 7) is 6.13. The first kappa shape index (κ1) is 14.2. The number of carbonyl (C=O) groups is 1. The maximum atomic E-state index is 11.9. The molecule has 0 spiro atoms. The maximum Gasteiger partial charge on any atom is 0.227 e. The van der Waals surface area contributed by atoms with Gasteiger partial charge in [0.15, 0.2) is 0 Å². The Hall–Kier alpha value is -1.20. The molecule has 1 fully saturated rings. The van der Waals surface area contributed by atoms with Crippen LogP contribution in [0.15, 0.2) is 6.07 Å². The molecule has 2 heterocycles. The van der Waals surface area contributed by atoms with Crippen LogP contribution < -0.4 is 5.32 Å². The molecule has 19 heavy (non-hydrogen) atoms. The molecule has 1 unspecified atom stereocenters. The Balaban J connectivity index is 2.04. The number of aromatic nitrogens is 2. The van der Waals surface area contributed by atoms with E-state index in [0.717, 1.165) is 25.2 Å². The number of carbonyl (C=O) groups excluding carboxylic acids is 1. The van der Waals surface area contributed by atoms with Crippen LogP contribution in [0.2, 0.25) is 5.15 Å². The standard InChI is InChI=1S/C13H19ClN4O/c1-9-6-10(14)17-11(16-9)7-18-5-4-13(2,8-18)12(19)15-3/h6H,4-5,7-8H2,1-3H3,(H,15,19). The van der Waals surface area contributed by atoms with Gasteiger partial charge >= 0.3 is 0 Å². The quantitative estimate of drug-likeness (QED) is 0.852. The number of halogens is 1. The van der Waals surface area contributed by atoms with Crippen molar-refractivity contribution in [3.63, 3.8) is 0 Å². The van der Waals surface area contributed by atoms with Crippen LogP contribution >= 0.6 is 11.6 Å². The van der Waals surface area contributed by atoms with Crippen LogP contribution in [-0.2, 0) is 11.3 Å². The normalized spacial score (nSPS) is 23.6. The minimum absolute atomic E-state index is 0.0955.